The van der Waals surface area contributed by atoms with Gasteiger partial charge in [0, 0.05) is 6.04 Å². The maximum atomic E-state index is 12.4. The minimum atomic E-state index is -0.428. The van der Waals surface area contributed by atoms with E-state index in [2.05, 4.69) is 5.32 Å². The summed E-state index contributed by atoms with van der Waals surface area (Å²) in [6, 6.07) is -0.00402. The average Bonchev–Trinajstić information content (AvgIpc) is 2.66. The molecule has 0 aliphatic rings. The van der Waals surface area contributed by atoms with Gasteiger partial charge >= 0.3 is 5.97 Å². The van der Waals surface area contributed by atoms with E-state index in [-0.39, 0.29) is 24.0 Å². The molecule has 0 spiro atoms. The molecule has 1 aromatic heterocycles. The molecule has 0 fully saturated rings. The summed E-state index contributed by atoms with van der Waals surface area (Å²) in [5.74, 6) is -0.679. The summed E-state index contributed by atoms with van der Waals surface area (Å²) in [6.45, 7) is 11.6. The molecular formula is C15H24N2O3S. The van der Waals surface area contributed by atoms with Gasteiger partial charge in [0.05, 0.1) is 17.2 Å². The molecule has 118 valence electrons. The van der Waals surface area contributed by atoms with Gasteiger partial charge in [0.25, 0.3) is 5.91 Å². The zero-order valence-corrected chi connectivity index (χ0v) is 14.3. The monoisotopic (exact) mass is 312 g/mol. The Bertz CT molecular complexity index is 542. The minimum Gasteiger partial charge on any atom is -0.462 e. The van der Waals surface area contributed by atoms with E-state index >= 15 is 0 Å². The maximum Gasteiger partial charge on any atom is 0.348 e. The SMILES string of the molecule is CCOC(=O)c1sc(N)c(C(=O)NC(C)C)c1C(C)(C)C. The van der Waals surface area contributed by atoms with Crippen LogP contribution in [-0.4, -0.2) is 24.5 Å². The number of esters is 1. The lowest BCUT2D eigenvalue weighted by atomic mass is 9.84. The predicted octanol–water partition coefficient (Wildman–Crippen LogP) is 2.94. The van der Waals surface area contributed by atoms with Crippen LogP contribution in [0.2, 0.25) is 0 Å². The molecule has 1 aromatic rings. The number of amides is 1. The summed E-state index contributed by atoms with van der Waals surface area (Å²) in [6.07, 6.45) is 0. The van der Waals surface area contributed by atoms with Crippen molar-refractivity contribution in [3.63, 3.8) is 0 Å². The van der Waals surface area contributed by atoms with Crippen LogP contribution in [0.15, 0.2) is 0 Å². The average molecular weight is 312 g/mol. The maximum absolute atomic E-state index is 12.4. The minimum absolute atomic E-state index is 0.00402. The fourth-order valence-electron chi connectivity index (χ4n) is 2.06. The molecule has 3 N–H and O–H groups in total. The molecule has 21 heavy (non-hydrogen) atoms. The van der Waals surface area contributed by atoms with Crippen LogP contribution in [0.1, 0.15) is 67.1 Å². The van der Waals surface area contributed by atoms with Crippen LogP contribution in [0.5, 0.6) is 0 Å². The highest BCUT2D eigenvalue weighted by atomic mass is 32.1. The number of ether oxygens (including phenoxy) is 1. The molecule has 0 atom stereocenters. The van der Waals surface area contributed by atoms with E-state index in [4.69, 9.17) is 10.5 Å². The van der Waals surface area contributed by atoms with E-state index in [0.29, 0.717) is 21.0 Å². The van der Waals surface area contributed by atoms with Crippen LogP contribution in [0.3, 0.4) is 0 Å². The number of carbonyl (C=O) groups is 2. The molecule has 1 heterocycles. The van der Waals surface area contributed by atoms with Gasteiger partial charge in [-0.05, 0) is 31.7 Å². The summed E-state index contributed by atoms with van der Waals surface area (Å²) in [4.78, 5) is 24.9. The van der Waals surface area contributed by atoms with Gasteiger partial charge in [0.2, 0.25) is 0 Å². The Morgan fingerprint density at radius 2 is 1.90 bits per heavy atom. The molecule has 0 saturated carbocycles. The normalized spacial score (nSPS) is 11.6. The van der Waals surface area contributed by atoms with Crippen molar-refractivity contribution in [3.05, 3.63) is 16.0 Å². The molecule has 0 aliphatic carbocycles. The van der Waals surface area contributed by atoms with Crippen molar-refractivity contribution in [1.29, 1.82) is 0 Å². The Kier molecular flexibility index (Phi) is 5.39. The fraction of sp³-hybridized carbons (Fsp3) is 0.600. The van der Waals surface area contributed by atoms with Crippen molar-refractivity contribution in [2.75, 3.05) is 12.3 Å². The Morgan fingerprint density at radius 3 is 2.33 bits per heavy atom. The zero-order valence-electron chi connectivity index (χ0n) is 13.5. The molecule has 0 bridgehead atoms. The van der Waals surface area contributed by atoms with Crippen molar-refractivity contribution in [3.8, 4) is 0 Å². The van der Waals surface area contributed by atoms with Crippen LogP contribution < -0.4 is 11.1 Å². The Morgan fingerprint density at radius 1 is 1.33 bits per heavy atom. The number of anilines is 1. The largest absolute Gasteiger partial charge is 0.462 e. The van der Waals surface area contributed by atoms with Gasteiger partial charge in [-0.15, -0.1) is 11.3 Å². The lowest BCUT2D eigenvalue weighted by Gasteiger charge is -2.22. The number of nitrogen functional groups attached to an aromatic ring is 1. The second-order valence-corrected chi connectivity index (χ2v) is 7.20. The van der Waals surface area contributed by atoms with Crippen LogP contribution in [-0.2, 0) is 10.2 Å². The smallest absolute Gasteiger partial charge is 0.348 e. The van der Waals surface area contributed by atoms with Crippen molar-refractivity contribution in [2.45, 2.75) is 53.0 Å². The first-order valence-electron chi connectivity index (χ1n) is 7.00. The lowest BCUT2D eigenvalue weighted by molar-refractivity contribution is 0.0529. The summed E-state index contributed by atoms with van der Waals surface area (Å²) < 4.78 is 5.08. The number of nitrogens with one attached hydrogen (secondary N) is 1. The van der Waals surface area contributed by atoms with Gasteiger partial charge in [0.1, 0.15) is 4.88 Å². The van der Waals surface area contributed by atoms with E-state index in [9.17, 15) is 9.59 Å². The molecule has 6 heteroatoms. The lowest BCUT2D eigenvalue weighted by Crippen LogP contribution is -2.32. The number of rotatable bonds is 4. The van der Waals surface area contributed by atoms with Gasteiger partial charge in [-0.2, -0.15) is 0 Å². The highest BCUT2D eigenvalue weighted by Crippen LogP contribution is 2.39. The molecule has 0 saturated heterocycles. The van der Waals surface area contributed by atoms with E-state index in [0.717, 1.165) is 11.3 Å². The Balaban J connectivity index is 3.44. The summed E-state index contributed by atoms with van der Waals surface area (Å²) in [5.41, 5.74) is 6.66. The molecule has 5 nitrogen and oxygen atoms in total. The van der Waals surface area contributed by atoms with E-state index in [1.54, 1.807) is 6.92 Å². The fourth-order valence-corrected chi connectivity index (χ4v) is 3.23. The van der Waals surface area contributed by atoms with Crippen LogP contribution in [0.25, 0.3) is 0 Å². The second-order valence-electron chi connectivity index (χ2n) is 6.14. The van der Waals surface area contributed by atoms with Crippen molar-refractivity contribution < 1.29 is 14.3 Å². The van der Waals surface area contributed by atoms with Crippen molar-refractivity contribution in [1.82, 2.24) is 5.32 Å². The van der Waals surface area contributed by atoms with Crippen molar-refractivity contribution in [2.24, 2.45) is 0 Å². The molecule has 0 aromatic carbocycles. The highest BCUT2D eigenvalue weighted by molar-refractivity contribution is 7.18. The van der Waals surface area contributed by atoms with Gasteiger partial charge < -0.3 is 15.8 Å². The van der Waals surface area contributed by atoms with Gasteiger partial charge in [0.15, 0.2) is 0 Å². The molecule has 1 rings (SSSR count). The molecule has 0 radical (unpaired) electrons. The molecule has 0 aliphatic heterocycles. The first-order valence-corrected chi connectivity index (χ1v) is 7.81. The zero-order chi connectivity index (χ0) is 16.4. The molecule has 0 unspecified atom stereocenters. The van der Waals surface area contributed by atoms with Gasteiger partial charge in [-0.3, -0.25) is 4.79 Å². The van der Waals surface area contributed by atoms with Crippen LogP contribution in [0, 0.1) is 0 Å². The summed E-state index contributed by atoms with van der Waals surface area (Å²) >= 11 is 1.11. The third kappa shape index (κ3) is 3.97. The summed E-state index contributed by atoms with van der Waals surface area (Å²) in [5, 5.41) is 3.18. The Labute approximate surface area is 129 Å². The predicted molar refractivity (Wildman–Crippen MR) is 86.0 cm³/mol. The number of thiophene rings is 1. The third-order valence-corrected chi connectivity index (χ3v) is 3.79. The number of hydrogen-bond acceptors (Lipinski definition) is 5. The number of nitrogens with two attached hydrogens (primary N) is 1. The third-order valence-electron chi connectivity index (χ3n) is 2.79. The summed E-state index contributed by atoms with van der Waals surface area (Å²) in [7, 11) is 0. The van der Waals surface area contributed by atoms with E-state index < -0.39 is 5.97 Å². The highest BCUT2D eigenvalue weighted by Gasteiger charge is 2.33. The van der Waals surface area contributed by atoms with E-state index in [1.165, 1.54) is 0 Å². The van der Waals surface area contributed by atoms with Gasteiger partial charge in [-0.25, -0.2) is 4.79 Å². The van der Waals surface area contributed by atoms with E-state index in [1.807, 2.05) is 34.6 Å². The topological polar surface area (TPSA) is 81.4 Å². The van der Waals surface area contributed by atoms with Crippen molar-refractivity contribution >= 4 is 28.2 Å². The number of carbonyl (C=O) groups excluding carboxylic acids is 2. The second kappa shape index (κ2) is 6.47. The van der Waals surface area contributed by atoms with Crippen LogP contribution in [0.4, 0.5) is 5.00 Å². The first-order chi connectivity index (χ1) is 9.59. The molecular weight excluding hydrogens is 288 g/mol. The quantitative estimate of drug-likeness (QED) is 0.838. The van der Waals surface area contributed by atoms with Crippen LogP contribution >= 0.6 is 11.3 Å². The van der Waals surface area contributed by atoms with Gasteiger partial charge in [-0.1, -0.05) is 20.8 Å². The first kappa shape index (κ1) is 17.5. The Hall–Kier alpha value is -1.56. The molecule has 1 amide bonds. The number of hydrogen-bond donors (Lipinski definition) is 2. The standard InChI is InChI=1S/C15H24N2O3S/c1-7-20-14(19)11-10(15(4,5)6)9(12(16)21-11)13(18)17-8(2)3/h8H,7,16H2,1-6H3,(H,17,18).